The molecule has 3 heteroatoms. The van der Waals surface area contributed by atoms with E-state index in [0.29, 0.717) is 11.5 Å². The molecule has 0 aliphatic heterocycles. The maximum absolute atomic E-state index is 14.1. The molecule has 0 N–H and O–H groups in total. The number of ether oxygens (including phenoxy) is 1. The van der Waals surface area contributed by atoms with Crippen LogP contribution >= 0.6 is 0 Å². The first-order chi connectivity index (χ1) is 9.13. The minimum absolute atomic E-state index is 0. The number of hydrogen-bond donors (Lipinski definition) is 0. The Balaban J connectivity index is 0.00000200. The highest BCUT2D eigenvalue weighted by Crippen LogP contribution is 2.38. The Hall–Kier alpha value is -1.38. The Bertz CT molecular complexity index is 454. The van der Waals surface area contributed by atoms with Crippen molar-refractivity contribution in [3.63, 3.8) is 0 Å². The molecule has 0 saturated heterocycles. The third-order valence-electron chi connectivity index (χ3n) is 3.89. The van der Waals surface area contributed by atoms with Crippen molar-refractivity contribution in [1.82, 2.24) is 0 Å². The van der Waals surface area contributed by atoms with Gasteiger partial charge in [0, 0.05) is 1.43 Å². The summed E-state index contributed by atoms with van der Waals surface area (Å²) in [6.07, 6.45) is 5.55. The Morgan fingerprint density at radius 2 is 1.90 bits per heavy atom. The molecule has 0 amide bonds. The fraction of sp³-hybridized carbons (Fsp3) is 0.529. The highest BCUT2D eigenvalue weighted by atomic mass is 19.2. The number of hydrogen-bond acceptors (Lipinski definition) is 1. The van der Waals surface area contributed by atoms with E-state index in [-0.39, 0.29) is 27.1 Å². The topological polar surface area (TPSA) is 9.23 Å². The van der Waals surface area contributed by atoms with Crippen LogP contribution in [0.4, 0.5) is 8.78 Å². The highest BCUT2D eigenvalue weighted by molar-refractivity contribution is 5.33. The van der Waals surface area contributed by atoms with Crippen molar-refractivity contribution in [2.24, 2.45) is 5.92 Å². The maximum atomic E-state index is 14.1. The summed E-state index contributed by atoms with van der Waals surface area (Å²) in [5, 5.41) is 0. The molecular formula is C17H26F2O. The first-order valence-corrected chi connectivity index (χ1v) is 6.85. The second-order valence-electron chi connectivity index (χ2n) is 5.34. The molecule has 1 aromatic carbocycles. The third kappa shape index (κ3) is 3.59. The molecule has 0 unspecified atom stereocenters. The lowest BCUT2D eigenvalue weighted by molar-refractivity contribution is 0.321. The van der Waals surface area contributed by atoms with Crippen molar-refractivity contribution < 1.29 is 14.9 Å². The van der Waals surface area contributed by atoms with Crippen LogP contribution in [-0.4, -0.2) is 6.61 Å². The van der Waals surface area contributed by atoms with E-state index in [2.05, 4.69) is 13.5 Å². The molecule has 1 nitrogen and oxygen atoms in total. The minimum atomic E-state index is -0.877. The zero-order chi connectivity index (χ0) is 13.8. The van der Waals surface area contributed by atoms with Gasteiger partial charge in [-0.05, 0) is 36.3 Å². The van der Waals surface area contributed by atoms with Gasteiger partial charge >= 0.3 is 0 Å². The first kappa shape index (κ1) is 16.7. The van der Waals surface area contributed by atoms with E-state index in [1.54, 1.807) is 6.07 Å². The van der Waals surface area contributed by atoms with E-state index in [0.717, 1.165) is 25.7 Å². The highest BCUT2D eigenvalue weighted by Gasteiger charge is 2.25. The summed E-state index contributed by atoms with van der Waals surface area (Å²) in [6.45, 7) is 5.87. The first-order valence-electron chi connectivity index (χ1n) is 6.85. The molecule has 114 valence electrons. The summed E-state index contributed by atoms with van der Waals surface area (Å²) in [5.74, 6) is -0.831. The zero-order valence-corrected chi connectivity index (χ0v) is 11.3. The molecule has 1 aliphatic carbocycles. The standard InChI is InChI=1S/C16H20F2O.CH4.H2/c1-3-10-19-14-9-8-13(15(17)16(14)18)12-6-4-11(2)5-7-12;;/h3,8-9,11-12H,1,4-7,10H2,2H3;1H4;1H. The number of benzene rings is 1. The van der Waals surface area contributed by atoms with Crippen LogP contribution in [0.1, 0.15) is 52.9 Å². The van der Waals surface area contributed by atoms with Crippen molar-refractivity contribution in [2.45, 2.75) is 46.0 Å². The van der Waals surface area contributed by atoms with Gasteiger partial charge in [0.1, 0.15) is 6.61 Å². The van der Waals surface area contributed by atoms with Gasteiger partial charge in [0.15, 0.2) is 11.6 Å². The Morgan fingerprint density at radius 1 is 1.25 bits per heavy atom. The fourth-order valence-electron chi connectivity index (χ4n) is 2.69. The van der Waals surface area contributed by atoms with Crippen molar-refractivity contribution in [3.8, 4) is 5.75 Å². The van der Waals surface area contributed by atoms with E-state index in [4.69, 9.17) is 4.74 Å². The summed E-state index contributed by atoms with van der Waals surface area (Å²) in [6, 6.07) is 3.19. The minimum Gasteiger partial charge on any atom is -0.486 e. The van der Waals surface area contributed by atoms with E-state index in [1.807, 2.05) is 0 Å². The lowest BCUT2D eigenvalue weighted by Gasteiger charge is -2.27. The second kappa shape index (κ2) is 7.41. The monoisotopic (exact) mass is 284 g/mol. The summed E-state index contributed by atoms with van der Waals surface area (Å²) in [4.78, 5) is 0. The van der Waals surface area contributed by atoms with Gasteiger partial charge in [-0.3, -0.25) is 0 Å². The van der Waals surface area contributed by atoms with Gasteiger partial charge in [0.25, 0.3) is 0 Å². The number of rotatable bonds is 4. The van der Waals surface area contributed by atoms with Gasteiger partial charge in [-0.15, -0.1) is 0 Å². The van der Waals surface area contributed by atoms with Crippen molar-refractivity contribution >= 4 is 0 Å². The van der Waals surface area contributed by atoms with Gasteiger partial charge in [0.2, 0.25) is 5.82 Å². The fourth-order valence-corrected chi connectivity index (χ4v) is 2.69. The molecular weight excluding hydrogens is 258 g/mol. The van der Waals surface area contributed by atoms with Crippen LogP contribution < -0.4 is 4.74 Å². The van der Waals surface area contributed by atoms with Crippen LogP contribution in [-0.2, 0) is 0 Å². The van der Waals surface area contributed by atoms with Crippen molar-refractivity contribution in [1.29, 1.82) is 0 Å². The molecule has 0 radical (unpaired) electrons. The van der Waals surface area contributed by atoms with Crippen LogP contribution in [0.3, 0.4) is 0 Å². The van der Waals surface area contributed by atoms with E-state index in [9.17, 15) is 8.78 Å². The quantitative estimate of drug-likeness (QED) is 0.644. The molecule has 0 atom stereocenters. The molecule has 1 fully saturated rings. The van der Waals surface area contributed by atoms with Gasteiger partial charge in [0.05, 0.1) is 0 Å². The Labute approximate surface area is 122 Å². The average Bonchev–Trinajstić information content (AvgIpc) is 2.42. The van der Waals surface area contributed by atoms with Crippen LogP contribution in [0, 0.1) is 17.6 Å². The van der Waals surface area contributed by atoms with Crippen LogP contribution in [0.15, 0.2) is 24.8 Å². The SMILES string of the molecule is C.C=CCOc1ccc(C2CCC(C)CC2)c(F)c1F.[HH]. The summed E-state index contributed by atoms with van der Waals surface area (Å²) < 4.78 is 33.1. The lowest BCUT2D eigenvalue weighted by atomic mass is 9.79. The zero-order valence-electron chi connectivity index (χ0n) is 11.3. The smallest absolute Gasteiger partial charge is 0.200 e. The largest absolute Gasteiger partial charge is 0.486 e. The second-order valence-corrected chi connectivity index (χ2v) is 5.34. The van der Waals surface area contributed by atoms with Gasteiger partial charge in [-0.2, -0.15) is 4.39 Å². The molecule has 2 rings (SSSR count). The average molecular weight is 284 g/mol. The van der Waals surface area contributed by atoms with Crippen LogP contribution in [0.25, 0.3) is 0 Å². The maximum Gasteiger partial charge on any atom is 0.200 e. The normalized spacial score (nSPS) is 21.9. The summed E-state index contributed by atoms with van der Waals surface area (Å²) in [7, 11) is 0. The molecule has 0 aromatic heterocycles. The third-order valence-corrected chi connectivity index (χ3v) is 3.89. The van der Waals surface area contributed by atoms with Crippen LogP contribution in [0.2, 0.25) is 0 Å². The van der Waals surface area contributed by atoms with Crippen molar-refractivity contribution in [2.75, 3.05) is 6.61 Å². The van der Waals surface area contributed by atoms with Gasteiger partial charge in [-0.25, -0.2) is 4.39 Å². The van der Waals surface area contributed by atoms with E-state index < -0.39 is 11.6 Å². The Kier molecular flexibility index (Phi) is 6.18. The van der Waals surface area contributed by atoms with Gasteiger partial charge in [-0.1, -0.05) is 45.9 Å². The predicted molar refractivity (Wildman–Crippen MR) is 81.3 cm³/mol. The molecule has 1 aliphatic rings. The lowest BCUT2D eigenvalue weighted by Crippen LogP contribution is -2.13. The number of halogens is 2. The Morgan fingerprint density at radius 3 is 2.50 bits per heavy atom. The van der Waals surface area contributed by atoms with Crippen LogP contribution in [0.5, 0.6) is 5.75 Å². The summed E-state index contributed by atoms with van der Waals surface area (Å²) in [5.41, 5.74) is 0.496. The predicted octanol–water partition coefficient (Wildman–Crippen LogP) is 5.71. The molecule has 20 heavy (non-hydrogen) atoms. The van der Waals surface area contributed by atoms with Crippen molar-refractivity contribution in [3.05, 3.63) is 42.0 Å². The molecule has 1 saturated carbocycles. The molecule has 0 spiro atoms. The molecule has 0 bridgehead atoms. The van der Waals surface area contributed by atoms with E-state index >= 15 is 0 Å². The van der Waals surface area contributed by atoms with Gasteiger partial charge < -0.3 is 4.74 Å². The molecule has 0 heterocycles. The van der Waals surface area contributed by atoms with E-state index in [1.165, 1.54) is 12.1 Å². The molecule has 1 aromatic rings. The summed E-state index contributed by atoms with van der Waals surface area (Å²) >= 11 is 0.